The second-order valence-electron chi connectivity index (χ2n) is 9.98. The van der Waals surface area contributed by atoms with Crippen LogP contribution in [0.25, 0.3) is 55.6 Å². The Hall–Kier alpha value is -5.61. The van der Waals surface area contributed by atoms with E-state index in [2.05, 4.69) is 95.9 Å². The van der Waals surface area contributed by atoms with Gasteiger partial charge in [-0.15, -0.1) is 0 Å². The first kappa shape index (κ1) is 23.3. The summed E-state index contributed by atoms with van der Waals surface area (Å²) in [6, 6.07) is 49.7. The Kier molecular flexibility index (Phi) is 5.42. The van der Waals surface area contributed by atoms with Gasteiger partial charge < -0.3 is 13.7 Å². The Labute approximate surface area is 236 Å². The highest BCUT2D eigenvalue weighted by Crippen LogP contribution is 2.46. The second-order valence-corrected chi connectivity index (χ2v) is 9.98. The van der Waals surface area contributed by atoms with Gasteiger partial charge in [0.25, 0.3) is 0 Å². The second kappa shape index (κ2) is 9.54. The SMILES string of the molecule is c1ccc(-c2ccccc2N(c2ccccc2)c2cccc3c2oc2cccc(-c4nc5ccccc5o4)c23)cc1. The molecule has 0 saturated heterocycles. The van der Waals surface area contributed by atoms with Crippen molar-refractivity contribution in [2.75, 3.05) is 4.90 Å². The van der Waals surface area contributed by atoms with Crippen molar-refractivity contribution >= 4 is 50.1 Å². The van der Waals surface area contributed by atoms with Crippen molar-refractivity contribution in [3.05, 3.63) is 146 Å². The zero-order valence-corrected chi connectivity index (χ0v) is 22.1. The number of anilines is 3. The first-order valence-electron chi connectivity index (χ1n) is 13.6. The molecule has 0 fully saturated rings. The van der Waals surface area contributed by atoms with Crippen LogP contribution < -0.4 is 4.90 Å². The van der Waals surface area contributed by atoms with Crippen LogP contribution in [-0.4, -0.2) is 4.98 Å². The lowest BCUT2D eigenvalue weighted by molar-refractivity contribution is 0.620. The minimum absolute atomic E-state index is 0.583. The number of benzene rings is 6. The number of nitrogens with zero attached hydrogens (tertiary/aromatic N) is 2. The molecule has 0 aliphatic heterocycles. The van der Waals surface area contributed by atoms with E-state index >= 15 is 0 Å². The molecule has 0 saturated carbocycles. The van der Waals surface area contributed by atoms with Crippen LogP contribution in [0.15, 0.2) is 154 Å². The molecule has 6 aromatic carbocycles. The van der Waals surface area contributed by atoms with Gasteiger partial charge in [0.05, 0.1) is 11.4 Å². The van der Waals surface area contributed by atoms with Crippen LogP contribution in [0.2, 0.25) is 0 Å². The van der Waals surface area contributed by atoms with E-state index in [1.165, 1.54) is 0 Å². The lowest BCUT2D eigenvalue weighted by atomic mass is 10.0. The molecule has 0 bridgehead atoms. The van der Waals surface area contributed by atoms with Gasteiger partial charge in [-0.05, 0) is 54.1 Å². The van der Waals surface area contributed by atoms with Crippen molar-refractivity contribution in [1.29, 1.82) is 0 Å². The highest BCUT2D eigenvalue weighted by Gasteiger charge is 2.23. The molecule has 41 heavy (non-hydrogen) atoms. The van der Waals surface area contributed by atoms with Gasteiger partial charge in [0.1, 0.15) is 11.1 Å². The number of furan rings is 1. The van der Waals surface area contributed by atoms with Crippen molar-refractivity contribution in [1.82, 2.24) is 4.98 Å². The van der Waals surface area contributed by atoms with E-state index < -0.39 is 0 Å². The van der Waals surface area contributed by atoms with Crippen LogP contribution in [0, 0.1) is 0 Å². The molecule has 0 radical (unpaired) electrons. The maximum Gasteiger partial charge on any atom is 0.228 e. The largest absolute Gasteiger partial charge is 0.454 e. The lowest BCUT2D eigenvalue weighted by Crippen LogP contribution is -2.11. The molecule has 0 unspecified atom stereocenters. The van der Waals surface area contributed by atoms with Crippen molar-refractivity contribution in [3.8, 4) is 22.6 Å². The highest BCUT2D eigenvalue weighted by molar-refractivity contribution is 6.15. The molecule has 4 heteroatoms. The van der Waals surface area contributed by atoms with E-state index in [0.29, 0.717) is 5.89 Å². The van der Waals surface area contributed by atoms with E-state index in [4.69, 9.17) is 13.8 Å². The minimum Gasteiger partial charge on any atom is -0.454 e. The molecule has 0 aliphatic carbocycles. The Morgan fingerprint density at radius 3 is 2.00 bits per heavy atom. The summed E-state index contributed by atoms with van der Waals surface area (Å²) in [6.07, 6.45) is 0. The number of oxazole rings is 1. The zero-order valence-electron chi connectivity index (χ0n) is 22.1. The topological polar surface area (TPSA) is 42.4 Å². The van der Waals surface area contributed by atoms with Gasteiger partial charge in [-0.25, -0.2) is 4.98 Å². The van der Waals surface area contributed by atoms with E-state index in [1.807, 2.05) is 54.6 Å². The summed E-state index contributed by atoms with van der Waals surface area (Å²) in [5.74, 6) is 0.583. The average Bonchev–Trinajstić information content (AvgIpc) is 3.65. The third-order valence-corrected chi connectivity index (χ3v) is 7.51. The van der Waals surface area contributed by atoms with Crippen molar-refractivity contribution in [3.63, 3.8) is 0 Å². The summed E-state index contributed by atoms with van der Waals surface area (Å²) in [7, 11) is 0. The highest BCUT2D eigenvalue weighted by atomic mass is 16.3. The molecular weight excluding hydrogens is 504 g/mol. The zero-order chi connectivity index (χ0) is 27.2. The van der Waals surface area contributed by atoms with E-state index in [9.17, 15) is 0 Å². The molecule has 2 heterocycles. The summed E-state index contributed by atoms with van der Waals surface area (Å²) in [5.41, 5.74) is 9.45. The molecule has 4 nitrogen and oxygen atoms in total. The summed E-state index contributed by atoms with van der Waals surface area (Å²) >= 11 is 0. The van der Waals surface area contributed by atoms with Crippen LogP contribution in [0.1, 0.15) is 0 Å². The maximum absolute atomic E-state index is 6.68. The van der Waals surface area contributed by atoms with Gasteiger partial charge in [-0.1, -0.05) is 97.1 Å². The number of hydrogen-bond acceptors (Lipinski definition) is 4. The number of aromatic nitrogens is 1. The summed E-state index contributed by atoms with van der Waals surface area (Å²) in [4.78, 5) is 7.08. The lowest BCUT2D eigenvalue weighted by Gasteiger charge is -2.27. The standard InChI is InChI=1S/C37H24N2O2/c1-3-13-25(14-4-1)27-17-7-9-21-31(27)39(26-15-5-2-6-16-26)32-22-11-18-28-35-29(19-12-24-34(35)40-36(28)32)37-38-30-20-8-10-23-33(30)41-37/h1-24H. The summed E-state index contributed by atoms with van der Waals surface area (Å²) < 4.78 is 12.9. The molecular formula is C37H24N2O2. The fraction of sp³-hybridized carbons (Fsp3) is 0. The predicted octanol–water partition coefficient (Wildman–Crippen LogP) is 10.5. The Bertz CT molecular complexity index is 2130. The van der Waals surface area contributed by atoms with Gasteiger partial charge in [0.2, 0.25) is 5.89 Å². The number of rotatable bonds is 5. The molecule has 8 rings (SSSR count). The Morgan fingerprint density at radius 2 is 1.15 bits per heavy atom. The van der Waals surface area contributed by atoms with Crippen molar-refractivity contribution in [2.45, 2.75) is 0 Å². The molecule has 8 aromatic rings. The molecule has 0 amide bonds. The van der Waals surface area contributed by atoms with E-state index in [0.717, 1.165) is 66.8 Å². The van der Waals surface area contributed by atoms with Crippen LogP contribution in [-0.2, 0) is 0 Å². The van der Waals surface area contributed by atoms with Crippen LogP contribution in [0.3, 0.4) is 0 Å². The third-order valence-electron chi connectivity index (χ3n) is 7.51. The van der Waals surface area contributed by atoms with Crippen molar-refractivity contribution in [2.24, 2.45) is 0 Å². The first-order valence-corrected chi connectivity index (χ1v) is 13.6. The molecule has 2 aromatic heterocycles. The third kappa shape index (κ3) is 3.88. The Balaban J connectivity index is 1.39. The average molecular weight is 529 g/mol. The van der Waals surface area contributed by atoms with Crippen LogP contribution in [0.4, 0.5) is 17.1 Å². The first-order chi connectivity index (χ1) is 20.3. The molecule has 0 atom stereocenters. The number of hydrogen-bond donors (Lipinski definition) is 0. The predicted molar refractivity (Wildman–Crippen MR) is 167 cm³/mol. The van der Waals surface area contributed by atoms with Gasteiger partial charge in [0, 0.05) is 27.6 Å². The minimum atomic E-state index is 0.583. The van der Waals surface area contributed by atoms with Crippen LogP contribution in [0.5, 0.6) is 0 Å². The number of fused-ring (bicyclic) bond motifs is 4. The summed E-state index contributed by atoms with van der Waals surface area (Å²) in [5, 5.41) is 1.99. The molecule has 0 spiro atoms. The van der Waals surface area contributed by atoms with E-state index in [-0.39, 0.29) is 0 Å². The monoisotopic (exact) mass is 528 g/mol. The quantitative estimate of drug-likeness (QED) is 0.223. The van der Waals surface area contributed by atoms with Gasteiger partial charge in [-0.3, -0.25) is 0 Å². The van der Waals surface area contributed by atoms with Crippen molar-refractivity contribution < 1.29 is 8.83 Å². The van der Waals surface area contributed by atoms with Gasteiger partial charge in [0.15, 0.2) is 11.2 Å². The molecule has 0 aliphatic rings. The normalized spacial score (nSPS) is 11.4. The van der Waals surface area contributed by atoms with Gasteiger partial charge in [-0.2, -0.15) is 0 Å². The Morgan fingerprint density at radius 1 is 0.488 bits per heavy atom. The smallest absolute Gasteiger partial charge is 0.228 e. The fourth-order valence-corrected chi connectivity index (χ4v) is 5.69. The molecule has 0 N–H and O–H groups in total. The number of para-hydroxylation sites is 5. The summed E-state index contributed by atoms with van der Waals surface area (Å²) in [6.45, 7) is 0. The fourth-order valence-electron chi connectivity index (χ4n) is 5.69. The maximum atomic E-state index is 6.68. The van der Waals surface area contributed by atoms with E-state index in [1.54, 1.807) is 0 Å². The van der Waals surface area contributed by atoms with Gasteiger partial charge >= 0.3 is 0 Å². The van der Waals surface area contributed by atoms with Crippen LogP contribution >= 0.6 is 0 Å². The molecule has 194 valence electrons.